The van der Waals surface area contributed by atoms with Crippen LogP contribution >= 0.6 is 31.9 Å². The number of ether oxygens (including phenoxy) is 2. The summed E-state index contributed by atoms with van der Waals surface area (Å²) in [5, 5.41) is 0. The molecular weight excluding hydrogens is 366 g/mol. The summed E-state index contributed by atoms with van der Waals surface area (Å²) in [6.07, 6.45) is 0. The number of carbonyl (C=O) groups is 1. The first-order valence-electron chi connectivity index (χ1n) is 4.56. The van der Waals surface area contributed by atoms with Crippen molar-refractivity contribution in [3.05, 3.63) is 26.6 Å². The Morgan fingerprint density at radius 3 is 2.59 bits per heavy atom. The fourth-order valence-corrected chi connectivity index (χ4v) is 2.45. The molecule has 0 amide bonds. The maximum absolute atomic E-state index is 12.2. The molecule has 0 saturated heterocycles. The van der Waals surface area contributed by atoms with Crippen molar-refractivity contribution in [3.63, 3.8) is 0 Å². The van der Waals surface area contributed by atoms with Gasteiger partial charge in [0.25, 0.3) is 0 Å². The fourth-order valence-electron chi connectivity index (χ4n) is 1.13. The summed E-state index contributed by atoms with van der Waals surface area (Å²) in [5.74, 6) is -0.952. The van der Waals surface area contributed by atoms with E-state index in [1.54, 1.807) is 6.92 Å². The highest BCUT2D eigenvalue weighted by atomic mass is 79.9. The van der Waals surface area contributed by atoms with Crippen molar-refractivity contribution in [2.45, 2.75) is 13.5 Å². The SMILES string of the molecule is CCOC(=O)c1cc(Br)cc(Br)c1OC(F)F. The second-order valence-corrected chi connectivity index (χ2v) is 4.63. The van der Waals surface area contributed by atoms with Gasteiger partial charge in [0, 0.05) is 4.47 Å². The molecule has 0 atom stereocenters. The second-order valence-electron chi connectivity index (χ2n) is 2.86. The van der Waals surface area contributed by atoms with Crippen molar-refractivity contribution in [1.29, 1.82) is 0 Å². The van der Waals surface area contributed by atoms with E-state index in [1.165, 1.54) is 12.1 Å². The summed E-state index contributed by atoms with van der Waals surface area (Å²) in [6.45, 7) is -1.24. The number of halogens is 4. The van der Waals surface area contributed by atoms with Gasteiger partial charge in [0.05, 0.1) is 11.1 Å². The van der Waals surface area contributed by atoms with Crippen molar-refractivity contribution >= 4 is 37.8 Å². The highest BCUT2D eigenvalue weighted by molar-refractivity contribution is 9.11. The van der Waals surface area contributed by atoms with E-state index >= 15 is 0 Å². The van der Waals surface area contributed by atoms with Crippen molar-refractivity contribution < 1.29 is 23.0 Å². The van der Waals surface area contributed by atoms with Gasteiger partial charge in [0.15, 0.2) is 5.75 Å². The molecule has 0 fully saturated rings. The largest absolute Gasteiger partial charge is 0.462 e. The third-order valence-corrected chi connectivity index (χ3v) is 2.76. The first-order chi connectivity index (χ1) is 7.95. The molecule has 0 spiro atoms. The van der Waals surface area contributed by atoms with E-state index in [0.29, 0.717) is 4.47 Å². The summed E-state index contributed by atoms with van der Waals surface area (Å²) in [4.78, 5) is 11.6. The standard InChI is InChI=1S/C10H8Br2F2O3/c1-2-16-9(15)6-3-5(11)4-7(12)8(6)17-10(13)14/h3-4,10H,2H2,1H3. The van der Waals surface area contributed by atoms with Crippen LogP contribution in [-0.2, 0) is 4.74 Å². The molecule has 0 bridgehead atoms. The van der Waals surface area contributed by atoms with Gasteiger partial charge in [-0.25, -0.2) is 4.79 Å². The van der Waals surface area contributed by atoms with Crippen molar-refractivity contribution in [3.8, 4) is 5.75 Å². The maximum atomic E-state index is 12.2. The van der Waals surface area contributed by atoms with Crippen molar-refractivity contribution in [2.24, 2.45) is 0 Å². The Morgan fingerprint density at radius 1 is 1.41 bits per heavy atom. The minimum Gasteiger partial charge on any atom is -0.462 e. The average Bonchev–Trinajstić information content (AvgIpc) is 2.21. The Hall–Kier alpha value is -0.690. The Labute approximate surface area is 113 Å². The molecule has 0 aliphatic rings. The molecule has 0 heterocycles. The van der Waals surface area contributed by atoms with E-state index in [9.17, 15) is 13.6 Å². The number of hydrogen-bond acceptors (Lipinski definition) is 3. The minimum atomic E-state index is -3.01. The van der Waals surface area contributed by atoms with Crippen LogP contribution in [0.25, 0.3) is 0 Å². The Morgan fingerprint density at radius 2 is 2.06 bits per heavy atom. The number of rotatable bonds is 4. The zero-order valence-corrected chi connectivity index (χ0v) is 11.8. The molecule has 17 heavy (non-hydrogen) atoms. The van der Waals surface area contributed by atoms with E-state index in [0.717, 1.165) is 0 Å². The van der Waals surface area contributed by atoms with Crippen LogP contribution in [-0.4, -0.2) is 19.2 Å². The Balaban J connectivity index is 3.19. The zero-order valence-electron chi connectivity index (χ0n) is 8.68. The zero-order chi connectivity index (χ0) is 13.0. The molecule has 94 valence electrons. The fraction of sp³-hybridized carbons (Fsp3) is 0.300. The quantitative estimate of drug-likeness (QED) is 0.748. The van der Waals surface area contributed by atoms with Gasteiger partial charge in [0.1, 0.15) is 5.56 Å². The lowest BCUT2D eigenvalue weighted by molar-refractivity contribution is -0.0509. The van der Waals surface area contributed by atoms with Crippen LogP contribution in [0.3, 0.4) is 0 Å². The third-order valence-electron chi connectivity index (χ3n) is 1.71. The van der Waals surface area contributed by atoms with Gasteiger partial charge >= 0.3 is 12.6 Å². The van der Waals surface area contributed by atoms with Crippen LogP contribution in [0.1, 0.15) is 17.3 Å². The summed E-state index contributed by atoms with van der Waals surface area (Å²) < 4.78 is 34.3. The molecule has 3 nitrogen and oxygen atoms in total. The molecule has 0 aliphatic heterocycles. The molecule has 0 unspecified atom stereocenters. The summed E-state index contributed by atoms with van der Waals surface area (Å²) in [5.41, 5.74) is -0.0617. The number of carbonyl (C=O) groups excluding carboxylic acids is 1. The third kappa shape index (κ3) is 3.92. The van der Waals surface area contributed by atoms with Gasteiger partial charge in [0.2, 0.25) is 0 Å². The van der Waals surface area contributed by atoms with Crippen molar-refractivity contribution in [2.75, 3.05) is 6.61 Å². The second kappa shape index (κ2) is 6.30. The predicted molar refractivity (Wildman–Crippen MR) is 64.4 cm³/mol. The molecule has 0 N–H and O–H groups in total. The van der Waals surface area contributed by atoms with E-state index < -0.39 is 12.6 Å². The predicted octanol–water partition coefficient (Wildman–Crippen LogP) is 3.99. The number of hydrogen-bond donors (Lipinski definition) is 0. The first-order valence-corrected chi connectivity index (χ1v) is 6.15. The smallest absolute Gasteiger partial charge is 0.387 e. The lowest BCUT2D eigenvalue weighted by atomic mass is 10.2. The van der Waals surface area contributed by atoms with Crippen LogP contribution in [0.4, 0.5) is 8.78 Å². The summed E-state index contributed by atoms with van der Waals surface area (Å²) in [7, 11) is 0. The van der Waals surface area contributed by atoms with Crippen LogP contribution in [0.2, 0.25) is 0 Å². The van der Waals surface area contributed by atoms with E-state index in [4.69, 9.17) is 4.74 Å². The number of esters is 1. The number of alkyl halides is 2. The molecule has 0 aromatic heterocycles. The number of benzene rings is 1. The molecule has 0 aliphatic carbocycles. The molecule has 1 rings (SSSR count). The molecular formula is C10H8Br2F2O3. The van der Waals surface area contributed by atoms with Crippen LogP contribution < -0.4 is 4.74 Å². The summed E-state index contributed by atoms with van der Waals surface area (Å²) in [6, 6.07) is 2.86. The van der Waals surface area contributed by atoms with Gasteiger partial charge in [-0.15, -0.1) is 0 Å². The maximum Gasteiger partial charge on any atom is 0.387 e. The van der Waals surface area contributed by atoms with Crippen LogP contribution in [0, 0.1) is 0 Å². The van der Waals surface area contributed by atoms with E-state index in [2.05, 4.69) is 36.6 Å². The monoisotopic (exact) mass is 372 g/mol. The topological polar surface area (TPSA) is 35.5 Å². The highest BCUT2D eigenvalue weighted by Crippen LogP contribution is 2.34. The van der Waals surface area contributed by atoms with Crippen molar-refractivity contribution in [1.82, 2.24) is 0 Å². The Bertz CT molecular complexity index is 424. The molecule has 1 aromatic carbocycles. The van der Waals surface area contributed by atoms with Gasteiger partial charge in [-0.05, 0) is 35.0 Å². The summed E-state index contributed by atoms with van der Waals surface area (Å²) >= 11 is 6.20. The minimum absolute atomic E-state index is 0.0617. The average molecular weight is 374 g/mol. The van der Waals surface area contributed by atoms with Crippen LogP contribution in [0.5, 0.6) is 5.75 Å². The highest BCUT2D eigenvalue weighted by Gasteiger charge is 2.20. The van der Waals surface area contributed by atoms with Gasteiger partial charge in [-0.2, -0.15) is 8.78 Å². The normalized spacial score (nSPS) is 10.5. The lowest BCUT2D eigenvalue weighted by Gasteiger charge is -2.12. The van der Waals surface area contributed by atoms with Gasteiger partial charge < -0.3 is 9.47 Å². The van der Waals surface area contributed by atoms with Gasteiger partial charge in [-0.1, -0.05) is 15.9 Å². The molecule has 0 radical (unpaired) electrons. The van der Waals surface area contributed by atoms with E-state index in [1.807, 2.05) is 0 Å². The molecule has 1 aromatic rings. The van der Waals surface area contributed by atoms with Crippen LogP contribution in [0.15, 0.2) is 21.1 Å². The van der Waals surface area contributed by atoms with E-state index in [-0.39, 0.29) is 22.4 Å². The lowest BCUT2D eigenvalue weighted by Crippen LogP contribution is -2.11. The Kier molecular flexibility index (Phi) is 5.32. The first kappa shape index (κ1) is 14.4. The molecule has 0 saturated carbocycles. The van der Waals surface area contributed by atoms with Gasteiger partial charge in [-0.3, -0.25) is 0 Å². The molecule has 7 heteroatoms.